The molecule has 1 aromatic heterocycles. The minimum absolute atomic E-state index is 0.0216. The molecule has 0 aliphatic rings. The van der Waals surface area contributed by atoms with Crippen molar-refractivity contribution in [2.45, 2.75) is 27.2 Å². The number of esters is 2. The van der Waals surface area contributed by atoms with Crippen LogP contribution in [0.2, 0.25) is 0 Å². The van der Waals surface area contributed by atoms with Crippen molar-refractivity contribution < 1.29 is 23.8 Å². The Morgan fingerprint density at radius 2 is 1.79 bits per heavy atom. The lowest BCUT2D eigenvalue weighted by atomic mass is 10.1. The summed E-state index contributed by atoms with van der Waals surface area (Å²) in [6.45, 7) is 5.76. The maximum absolute atomic E-state index is 11.9. The van der Waals surface area contributed by atoms with E-state index in [2.05, 4.69) is 4.98 Å². The number of carbonyl (C=O) groups is 2. The van der Waals surface area contributed by atoms with E-state index in [9.17, 15) is 9.59 Å². The molecular formula is C13H19NO5. The second-order valence-corrected chi connectivity index (χ2v) is 3.84. The molecule has 0 spiro atoms. The monoisotopic (exact) mass is 269 g/mol. The Labute approximate surface area is 112 Å². The predicted molar refractivity (Wildman–Crippen MR) is 68.4 cm³/mol. The van der Waals surface area contributed by atoms with Gasteiger partial charge in [0, 0.05) is 5.69 Å². The molecule has 0 unspecified atom stereocenters. The van der Waals surface area contributed by atoms with Gasteiger partial charge in [-0.1, -0.05) is 0 Å². The lowest BCUT2D eigenvalue weighted by Crippen LogP contribution is -2.13. The highest BCUT2D eigenvalue weighted by molar-refractivity contribution is 5.95. The van der Waals surface area contributed by atoms with Gasteiger partial charge >= 0.3 is 11.9 Å². The summed E-state index contributed by atoms with van der Waals surface area (Å²) in [4.78, 5) is 26.4. The fraction of sp³-hybridized carbons (Fsp3) is 0.538. The summed E-state index contributed by atoms with van der Waals surface area (Å²) in [6.07, 6.45) is -0.0216. The Morgan fingerprint density at radius 1 is 1.16 bits per heavy atom. The molecule has 0 aliphatic heterocycles. The van der Waals surface area contributed by atoms with Gasteiger partial charge in [-0.2, -0.15) is 0 Å². The van der Waals surface area contributed by atoms with Crippen LogP contribution in [0.3, 0.4) is 0 Å². The van der Waals surface area contributed by atoms with Gasteiger partial charge in [0.05, 0.1) is 32.4 Å². The summed E-state index contributed by atoms with van der Waals surface area (Å²) in [5.74, 6) is -0.516. The van der Waals surface area contributed by atoms with Crippen molar-refractivity contribution in [1.29, 1.82) is 0 Å². The van der Waals surface area contributed by atoms with E-state index >= 15 is 0 Å². The molecule has 19 heavy (non-hydrogen) atoms. The average Bonchev–Trinajstić information content (AvgIpc) is 2.65. The topological polar surface area (TPSA) is 77.6 Å². The molecule has 0 saturated carbocycles. The molecule has 106 valence electrons. The first kappa shape index (κ1) is 15.1. The van der Waals surface area contributed by atoms with Crippen LogP contribution >= 0.6 is 0 Å². The summed E-state index contributed by atoms with van der Waals surface area (Å²) >= 11 is 0. The molecule has 0 fully saturated rings. The number of aromatic amines is 1. The van der Waals surface area contributed by atoms with E-state index in [1.165, 1.54) is 7.11 Å². The zero-order valence-electron chi connectivity index (χ0n) is 11.7. The van der Waals surface area contributed by atoms with Gasteiger partial charge in [-0.15, -0.1) is 0 Å². The van der Waals surface area contributed by atoms with Crippen LogP contribution in [0.15, 0.2) is 0 Å². The van der Waals surface area contributed by atoms with Crippen molar-refractivity contribution in [2.24, 2.45) is 0 Å². The molecule has 1 heterocycles. The SMILES string of the molecule is CCOC(=O)Cc1[nH]c(C)c(OC)c1C(=O)OCC. The van der Waals surface area contributed by atoms with Crippen LogP contribution in [0.5, 0.6) is 5.75 Å². The fourth-order valence-electron chi connectivity index (χ4n) is 1.83. The zero-order valence-corrected chi connectivity index (χ0v) is 11.7. The fourth-order valence-corrected chi connectivity index (χ4v) is 1.83. The molecule has 6 nitrogen and oxygen atoms in total. The van der Waals surface area contributed by atoms with Gasteiger partial charge in [0.1, 0.15) is 5.56 Å². The van der Waals surface area contributed by atoms with Crippen LogP contribution in [0, 0.1) is 6.92 Å². The molecule has 0 atom stereocenters. The third-order valence-electron chi connectivity index (χ3n) is 2.52. The first-order valence-electron chi connectivity index (χ1n) is 6.13. The smallest absolute Gasteiger partial charge is 0.343 e. The summed E-state index contributed by atoms with van der Waals surface area (Å²) in [7, 11) is 1.47. The van der Waals surface area contributed by atoms with E-state index in [1.54, 1.807) is 20.8 Å². The van der Waals surface area contributed by atoms with Gasteiger partial charge in [-0.05, 0) is 20.8 Å². The van der Waals surface area contributed by atoms with E-state index in [4.69, 9.17) is 14.2 Å². The molecule has 1 rings (SSSR count). The van der Waals surface area contributed by atoms with Crippen molar-refractivity contribution in [3.05, 3.63) is 17.0 Å². The maximum Gasteiger partial charge on any atom is 0.343 e. The molecule has 1 N–H and O–H groups in total. The lowest BCUT2D eigenvalue weighted by Gasteiger charge is -2.06. The van der Waals surface area contributed by atoms with Crippen LogP contribution in [0.1, 0.15) is 35.6 Å². The number of hydrogen-bond acceptors (Lipinski definition) is 5. The number of aryl methyl sites for hydroxylation is 1. The van der Waals surface area contributed by atoms with Crippen molar-refractivity contribution in [3.63, 3.8) is 0 Å². The summed E-state index contributed by atoms with van der Waals surface area (Å²) < 4.78 is 15.0. The Hall–Kier alpha value is -1.98. The van der Waals surface area contributed by atoms with Crippen molar-refractivity contribution in [2.75, 3.05) is 20.3 Å². The zero-order chi connectivity index (χ0) is 14.4. The molecule has 0 aliphatic carbocycles. The standard InChI is InChI=1S/C13H19NO5/c1-5-18-10(15)7-9-11(13(16)19-6-2)12(17-4)8(3)14-9/h14H,5-7H2,1-4H3. The number of aromatic nitrogens is 1. The number of rotatable bonds is 6. The molecular weight excluding hydrogens is 250 g/mol. The summed E-state index contributed by atoms with van der Waals surface area (Å²) in [5, 5.41) is 0. The predicted octanol–water partition coefficient (Wildman–Crippen LogP) is 1.61. The number of hydrogen-bond donors (Lipinski definition) is 1. The number of H-pyrrole nitrogens is 1. The molecule has 0 aromatic carbocycles. The van der Waals surface area contributed by atoms with Gasteiger partial charge in [-0.3, -0.25) is 4.79 Å². The van der Waals surface area contributed by atoms with E-state index in [0.717, 1.165) is 0 Å². The molecule has 1 aromatic rings. The van der Waals surface area contributed by atoms with Crippen LogP contribution in [-0.4, -0.2) is 37.2 Å². The van der Waals surface area contributed by atoms with Gasteiger partial charge in [0.2, 0.25) is 0 Å². The second kappa shape index (κ2) is 6.82. The molecule has 0 saturated heterocycles. The van der Waals surface area contributed by atoms with E-state index < -0.39 is 11.9 Å². The van der Waals surface area contributed by atoms with Crippen LogP contribution in [-0.2, 0) is 20.7 Å². The molecule has 0 amide bonds. The highest BCUT2D eigenvalue weighted by atomic mass is 16.5. The van der Waals surface area contributed by atoms with Gasteiger partial charge < -0.3 is 19.2 Å². The maximum atomic E-state index is 11.9. The molecule has 0 radical (unpaired) electrons. The van der Waals surface area contributed by atoms with Crippen LogP contribution < -0.4 is 4.74 Å². The Morgan fingerprint density at radius 3 is 2.32 bits per heavy atom. The number of carbonyl (C=O) groups excluding carboxylic acids is 2. The summed E-state index contributed by atoms with van der Waals surface area (Å²) in [5.41, 5.74) is 1.38. The number of nitrogens with one attached hydrogen (secondary N) is 1. The first-order chi connectivity index (χ1) is 9.04. The highest BCUT2D eigenvalue weighted by Gasteiger charge is 2.25. The number of methoxy groups -OCH3 is 1. The largest absolute Gasteiger partial charge is 0.494 e. The van der Waals surface area contributed by atoms with Crippen LogP contribution in [0.25, 0.3) is 0 Å². The van der Waals surface area contributed by atoms with E-state index in [1.807, 2.05) is 0 Å². The Balaban J connectivity index is 3.09. The average molecular weight is 269 g/mol. The quantitative estimate of drug-likeness (QED) is 0.794. The third kappa shape index (κ3) is 3.49. The Kier molecular flexibility index (Phi) is 5.41. The van der Waals surface area contributed by atoms with Gasteiger partial charge in [0.25, 0.3) is 0 Å². The minimum Gasteiger partial charge on any atom is -0.494 e. The van der Waals surface area contributed by atoms with E-state index in [0.29, 0.717) is 23.7 Å². The van der Waals surface area contributed by atoms with Gasteiger partial charge in [-0.25, -0.2) is 4.79 Å². The van der Waals surface area contributed by atoms with Crippen LogP contribution in [0.4, 0.5) is 0 Å². The van der Waals surface area contributed by atoms with E-state index in [-0.39, 0.29) is 18.6 Å². The van der Waals surface area contributed by atoms with Crippen molar-refractivity contribution in [1.82, 2.24) is 4.98 Å². The van der Waals surface area contributed by atoms with Crippen molar-refractivity contribution in [3.8, 4) is 5.75 Å². The summed E-state index contributed by atoms with van der Waals surface area (Å²) in [6, 6.07) is 0. The normalized spacial score (nSPS) is 10.1. The third-order valence-corrected chi connectivity index (χ3v) is 2.52. The number of ether oxygens (including phenoxy) is 3. The lowest BCUT2D eigenvalue weighted by molar-refractivity contribution is -0.142. The second-order valence-electron chi connectivity index (χ2n) is 3.84. The van der Waals surface area contributed by atoms with Crippen molar-refractivity contribution >= 4 is 11.9 Å². The van der Waals surface area contributed by atoms with Gasteiger partial charge in [0.15, 0.2) is 5.75 Å². The first-order valence-corrected chi connectivity index (χ1v) is 6.13. The molecule has 6 heteroatoms. The molecule has 0 bridgehead atoms. The minimum atomic E-state index is -0.511. The highest BCUT2D eigenvalue weighted by Crippen LogP contribution is 2.28. The Bertz CT molecular complexity index is 464.